The van der Waals surface area contributed by atoms with E-state index in [4.69, 9.17) is 20.5 Å². The summed E-state index contributed by atoms with van der Waals surface area (Å²) in [4.78, 5) is 11.9. The van der Waals surface area contributed by atoms with Crippen molar-refractivity contribution in [1.29, 1.82) is 0 Å². The van der Waals surface area contributed by atoms with Crippen LogP contribution < -0.4 is 11.1 Å². The number of hydrogen-bond acceptors (Lipinski definition) is 8. The van der Waals surface area contributed by atoms with E-state index in [1.54, 1.807) is 0 Å². The van der Waals surface area contributed by atoms with Crippen molar-refractivity contribution in [3.8, 4) is 0 Å². The molecule has 3 atom stereocenters. The smallest absolute Gasteiger partial charge is 0.451 e. The van der Waals surface area contributed by atoms with Gasteiger partial charge in [-0.3, -0.25) is 4.79 Å². The Kier molecular flexibility index (Phi) is 7.78. The van der Waals surface area contributed by atoms with E-state index in [0.717, 1.165) is 12.8 Å². The van der Waals surface area contributed by atoms with Crippen LogP contribution in [0.25, 0.3) is 0 Å². The highest BCUT2D eigenvalue weighted by Crippen LogP contribution is 2.34. The van der Waals surface area contributed by atoms with E-state index in [1.165, 1.54) is 8.61 Å². The summed E-state index contributed by atoms with van der Waals surface area (Å²) < 4.78 is 35.3. The second-order valence-electron chi connectivity index (χ2n) is 8.72. The van der Waals surface area contributed by atoms with Crippen LogP contribution in [0.1, 0.15) is 25.7 Å². The summed E-state index contributed by atoms with van der Waals surface area (Å²) in [5.41, 5.74) is 4.47. The maximum Gasteiger partial charge on any atom is 0.451 e. The monoisotopic (exact) mass is 448 g/mol. The van der Waals surface area contributed by atoms with E-state index < -0.39 is 34.8 Å². The Bertz CT molecular complexity index is 702. The molecule has 13 heteroatoms. The Balaban J connectivity index is 1.75. The number of carboxylic acid groups (broad SMARTS) is 1. The Hall–Kier alpha value is -0.795. The van der Waals surface area contributed by atoms with Gasteiger partial charge in [0, 0.05) is 45.2 Å². The standard InChI is InChI=1S/C17H33BN4O7S/c19-17(16(23)24)12-21(10-14(17)4-1-5-18(25)26)30(27,28)22(15-7-20-8-15)9-13-3-2-6-29-11-13/h13-15,20,25-26H,1-12,19H2,(H,23,24)/t13?,14-,17-/m0/s1. The SMILES string of the molecule is N[C@@]1(C(=O)O)CN(S(=O)(=O)N(CC2CCCOC2)C2CNC2)C[C@@H]1CCCB(O)O. The van der Waals surface area contributed by atoms with Crippen LogP contribution in [0.4, 0.5) is 0 Å². The second-order valence-corrected chi connectivity index (χ2v) is 10.6. The van der Waals surface area contributed by atoms with Gasteiger partial charge in [-0.15, -0.1) is 0 Å². The van der Waals surface area contributed by atoms with Gasteiger partial charge < -0.3 is 30.9 Å². The first-order valence-corrected chi connectivity index (χ1v) is 12.0. The third-order valence-electron chi connectivity index (χ3n) is 6.49. The van der Waals surface area contributed by atoms with Crippen molar-refractivity contribution in [2.45, 2.75) is 43.6 Å². The van der Waals surface area contributed by atoms with Crippen LogP contribution in [-0.4, -0.2) is 103 Å². The molecule has 0 bridgehead atoms. The molecule has 30 heavy (non-hydrogen) atoms. The zero-order valence-electron chi connectivity index (χ0n) is 17.1. The molecule has 3 heterocycles. The normalized spacial score (nSPS) is 31.1. The molecule has 172 valence electrons. The quantitative estimate of drug-likeness (QED) is 0.235. The molecule has 6 N–H and O–H groups in total. The van der Waals surface area contributed by atoms with Gasteiger partial charge in [-0.05, 0) is 31.5 Å². The van der Waals surface area contributed by atoms with Crippen LogP contribution in [0.15, 0.2) is 0 Å². The van der Waals surface area contributed by atoms with Gasteiger partial charge in [0.05, 0.1) is 12.6 Å². The van der Waals surface area contributed by atoms with E-state index in [-0.39, 0.29) is 31.4 Å². The Morgan fingerprint density at radius 1 is 1.37 bits per heavy atom. The van der Waals surface area contributed by atoms with Crippen molar-refractivity contribution in [2.75, 3.05) is 45.9 Å². The fourth-order valence-electron chi connectivity index (χ4n) is 4.47. The number of nitrogens with zero attached hydrogens (tertiary/aromatic N) is 2. The molecule has 0 aromatic carbocycles. The largest absolute Gasteiger partial charge is 0.480 e. The van der Waals surface area contributed by atoms with E-state index >= 15 is 0 Å². The molecule has 0 amide bonds. The minimum atomic E-state index is -3.91. The summed E-state index contributed by atoms with van der Waals surface area (Å²) in [6.07, 6.45) is 2.52. The lowest BCUT2D eigenvalue weighted by molar-refractivity contribution is -0.144. The van der Waals surface area contributed by atoms with Gasteiger partial charge in [-0.2, -0.15) is 17.0 Å². The number of hydrogen-bond donors (Lipinski definition) is 5. The van der Waals surface area contributed by atoms with Crippen LogP contribution in [-0.2, 0) is 19.7 Å². The molecular weight excluding hydrogens is 415 g/mol. The lowest BCUT2D eigenvalue weighted by Crippen LogP contribution is -2.62. The van der Waals surface area contributed by atoms with Crippen LogP contribution in [0.2, 0.25) is 6.32 Å². The highest BCUT2D eigenvalue weighted by Gasteiger charge is 2.54. The third kappa shape index (κ3) is 5.15. The van der Waals surface area contributed by atoms with Crippen molar-refractivity contribution >= 4 is 23.3 Å². The number of carboxylic acids is 1. The molecular formula is C17H33BN4O7S. The molecule has 0 aromatic rings. The van der Waals surface area contributed by atoms with Gasteiger partial charge >= 0.3 is 13.1 Å². The summed E-state index contributed by atoms with van der Waals surface area (Å²) in [6, 6.07) is -0.169. The molecule has 11 nitrogen and oxygen atoms in total. The molecule has 0 aliphatic carbocycles. The summed E-state index contributed by atoms with van der Waals surface area (Å²) in [6.45, 7) is 2.39. The predicted octanol–water partition coefficient (Wildman–Crippen LogP) is -2.10. The van der Waals surface area contributed by atoms with Gasteiger partial charge in [0.25, 0.3) is 10.2 Å². The summed E-state index contributed by atoms with van der Waals surface area (Å²) in [5, 5.41) is 30.9. The molecule has 1 unspecified atom stereocenters. The van der Waals surface area contributed by atoms with Gasteiger partial charge in [0.2, 0.25) is 0 Å². The summed E-state index contributed by atoms with van der Waals surface area (Å²) >= 11 is 0. The van der Waals surface area contributed by atoms with Crippen LogP contribution in [0.5, 0.6) is 0 Å². The van der Waals surface area contributed by atoms with Crippen LogP contribution in [0, 0.1) is 11.8 Å². The maximum atomic E-state index is 13.5. The first-order chi connectivity index (χ1) is 14.1. The third-order valence-corrected chi connectivity index (χ3v) is 8.46. The molecule has 0 spiro atoms. The number of rotatable bonds is 10. The fourth-order valence-corrected chi connectivity index (χ4v) is 6.44. The van der Waals surface area contributed by atoms with E-state index in [1.807, 2.05) is 0 Å². The summed E-state index contributed by atoms with van der Waals surface area (Å²) in [7, 11) is -5.39. The van der Waals surface area contributed by atoms with Crippen LogP contribution in [0.3, 0.4) is 0 Å². The lowest BCUT2D eigenvalue weighted by Gasteiger charge is -2.41. The van der Waals surface area contributed by atoms with Crippen molar-refractivity contribution in [2.24, 2.45) is 17.6 Å². The number of carbonyl (C=O) groups is 1. The second kappa shape index (κ2) is 9.78. The Morgan fingerprint density at radius 3 is 2.63 bits per heavy atom. The zero-order chi connectivity index (χ0) is 21.9. The number of ether oxygens (including phenoxy) is 1. The molecule has 3 aliphatic rings. The number of nitrogens with two attached hydrogens (primary N) is 1. The molecule has 3 aliphatic heterocycles. The van der Waals surface area contributed by atoms with Gasteiger partial charge in [-0.1, -0.05) is 6.42 Å². The van der Waals surface area contributed by atoms with Crippen molar-refractivity contribution in [3.63, 3.8) is 0 Å². The van der Waals surface area contributed by atoms with Crippen molar-refractivity contribution in [1.82, 2.24) is 13.9 Å². The van der Waals surface area contributed by atoms with Gasteiger partial charge in [-0.25, -0.2) is 0 Å². The van der Waals surface area contributed by atoms with Gasteiger partial charge in [0.15, 0.2) is 0 Å². The highest BCUT2D eigenvalue weighted by molar-refractivity contribution is 7.86. The molecule has 3 rings (SSSR count). The summed E-state index contributed by atoms with van der Waals surface area (Å²) in [5.74, 6) is -1.74. The number of aliphatic carboxylic acids is 1. The highest BCUT2D eigenvalue weighted by atomic mass is 32.2. The predicted molar refractivity (Wildman–Crippen MR) is 110 cm³/mol. The Morgan fingerprint density at radius 2 is 2.10 bits per heavy atom. The first-order valence-electron chi connectivity index (χ1n) is 10.6. The fraction of sp³-hybridized carbons (Fsp3) is 0.941. The van der Waals surface area contributed by atoms with Gasteiger partial charge in [0.1, 0.15) is 5.54 Å². The lowest BCUT2D eigenvalue weighted by atomic mass is 9.78. The van der Waals surface area contributed by atoms with Crippen LogP contribution >= 0.6 is 0 Å². The van der Waals surface area contributed by atoms with Crippen molar-refractivity contribution in [3.05, 3.63) is 0 Å². The average molecular weight is 448 g/mol. The Labute approximate surface area is 177 Å². The molecule has 0 saturated carbocycles. The number of nitrogens with one attached hydrogen (secondary N) is 1. The van der Waals surface area contributed by atoms with E-state index in [0.29, 0.717) is 45.7 Å². The van der Waals surface area contributed by atoms with Crippen molar-refractivity contribution < 1.29 is 33.1 Å². The first kappa shape index (κ1) is 23.9. The zero-order valence-corrected chi connectivity index (χ0v) is 18.0. The maximum absolute atomic E-state index is 13.5. The molecule has 3 saturated heterocycles. The molecule has 0 radical (unpaired) electrons. The van der Waals surface area contributed by atoms with E-state index in [9.17, 15) is 18.3 Å². The molecule has 0 aromatic heterocycles. The van der Waals surface area contributed by atoms with E-state index in [2.05, 4.69) is 5.32 Å². The topological polar surface area (TPSA) is 166 Å². The minimum Gasteiger partial charge on any atom is -0.480 e. The molecule has 3 fully saturated rings. The average Bonchev–Trinajstić information content (AvgIpc) is 2.99. The minimum absolute atomic E-state index is 0.00444.